The molecule has 0 unspecified atom stereocenters. The molecule has 0 atom stereocenters. The molecule has 1 aromatic carbocycles. The van der Waals surface area contributed by atoms with Crippen LogP contribution in [0, 0.1) is 6.92 Å². The monoisotopic (exact) mass is 354 g/mol. The van der Waals surface area contributed by atoms with Gasteiger partial charge in [0.25, 0.3) is 5.56 Å². The molecule has 3 amide bonds. The summed E-state index contributed by atoms with van der Waals surface area (Å²) >= 11 is 0. The number of rotatable bonds is 4. The molecule has 2 heterocycles. The van der Waals surface area contributed by atoms with Gasteiger partial charge in [-0.25, -0.2) is 4.79 Å². The van der Waals surface area contributed by atoms with E-state index in [1.54, 1.807) is 48.2 Å². The first-order valence-corrected chi connectivity index (χ1v) is 8.66. The fraction of sp³-hybridized carbons (Fsp3) is 0.316. The molecule has 2 aromatic rings. The number of aromatic nitrogens is 1. The summed E-state index contributed by atoms with van der Waals surface area (Å²) in [6, 6.07) is 11.7. The van der Waals surface area contributed by atoms with Crippen molar-refractivity contribution in [2.45, 2.75) is 26.3 Å². The standard InChI is InChI=1S/C19H22N4O3/c1-14-9-10-16(21-19(26)20-15-7-3-2-4-8-15)18(25)23(14)13-17(24)22-11-5-6-12-22/h2-4,7-10H,5-6,11-13H2,1H3,(H2,20,21,26). The van der Waals surface area contributed by atoms with E-state index in [2.05, 4.69) is 10.6 Å². The van der Waals surface area contributed by atoms with Gasteiger partial charge in [-0.05, 0) is 44.0 Å². The Labute approximate surface area is 151 Å². The molecule has 0 spiro atoms. The molecule has 0 bridgehead atoms. The first-order valence-electron chi connectivity index (χ1n) is 8.66. The van der Waals surface area contributed by atoms with Crippen molar-refractivity contribution >= 4 is 23.3 Å². The Kier molecular flexibility index (Phi) is 5.36. The van der Waals surface area contributed by atoms with Crippen LogP contribution in [0.15, 0.2) is 47.3 Å². The van der Waals surface area contributed by atoms with Gasteiger partial charge in [0, 0.05) is 24.5 Å². The zero-order chi connectivity index (χ0) is 18.5. The number of hydrogen-bond acceptors (Lipinski definition) is 3. The normalized spacial score (nSPS) is 13.5. The number of pyridine rings is 1. The van der Waals surface area contributed by atoms with Gasteiger partial charge in [-0.1, -0.05) is 18.2 Å². The fourth-order valence-corrected chi connectivity index (χ4v) is 2.97. The number of anilines is 2. The number of urea groups is 1. The van der Waals surface area contributed by atoms with Crippen molar-refractivity contribution in [3.63, 3.8) is 0 Å². The highest BCUT2D eigenvalue weighted by Gasteiger charge is 2.20. The molecule has 0 saturated carbocycles. The second-order valence-corrected chi connectivity index (χ2v) is 6.31. The van der Waals surface area contributed by atoms with Gasteiger partial charge >= 0.3 is 6.03 Å². The molecule has 26 heavy (non-hydrogen) atoms. The number of nitrogens with one attached hydrogen (secondary N) is 2. The second-order valence-electron chi connectivity index (χ2n) is 6.31. The van der Waals surface area contributed by atoms with Crippen LogP contribution in [0.2, 0.25) is 0 Å². The smallest absolute Gasteiger partial charge is 0.323 e. The molecule has 0 radical (unpaired) electrons. The lowest BCUT2D eigenvalue weighted by Gasteiger charge is -2.18. The van der Waals surface area contributed by atoms with Crippen LogP contribution < -0.4 is 16.2 Å². The highest BCUT2D eigenvalue weighted by molar-refractivity contribution is 5.99. The van der Waals surface area contributed by atoms with E-state index in [-0.39, 0.29) is 23.7 Å². The molecule has 1 aliphatic heterocycles. The van der Waals surface area contributed by atoms with Crippen molar-refractivity contribution in [3.8, 4) is 0 Å². The summed E-state index contributed by atoms with van der Waals surface area (Å²) in [5, 5.41) is 5.22. The molecule has 7 heteroatoms. The molecule has 2 N–H and O–H groups in total. The van der Waals surface area contributed by atoms with Crippen LogP contribution in [0.25, 0.3) is 0 Å². The second kappa shape index (κ2) is 7.86. The molecule has 3 rings (SSSR count). The van der Waals surface area contributed by atoms with E-state index in [0.717, 1.165) is 25.9 Å². The van der Waals surface area contributed by atoms with Crippen LogP contribution in [-0.2, 0) is 11.3 Å². The van der Waals surface area contributed by atoms with Crippen LogP contribution in [0.3, 0.4) is 0 Å². The number of amides is 3. The van der Waals surface area contributed by atoms with E-state index in [9.17, 15) is 14.4 Å². The van der Waals surface area contributed by atoms with Crippen LogP contribution in [0.4, 0.5) is 16.2 Å². The average Bonchev–Trinajstić information content (AvgIpc) is 3.16. The summed E-state index contributed by atoms with van der Waals surface area (Å²) in [6.07, 6.45) is 2.00. The van der Waals surface area contributed by atoms with Crippen molar-refractivity contribution in [2.75, 3.05) is 23.7 Å². The maximum absolute atomic E-state index is 12.7. The minimum atomic E-state index is -0.505. The SMILES string of the molecule is Cc1ccc(NC(=O)Nc2ccccc2)c(=O)n1CC(=O)N1CCCC1. The van der Waals surface area contributed by atoms with E-state index in [4.69, 9.17) is 0 Å². The topological polar surface area (TPSA) is 83.4 Å². The Morgan fingerprint density at radius 2 is 1.69 bits per heavy atom. The zero-order valence-electron chi connectivity index (χ0n) is 14.7. The lowest BCUT2D eigenvalue weighted by atomic mass is 10.3. The lowest BCUT2D eigenvalue weighted by Crippen LogP contribution is -2.36. The quantitative estimate of drug-likeness (QED) is 0.884. The van der Waals surface area contributed by atoms with E-state index in [1.165, 1.54) is 4.57 Å². The molecule has 136 valence electrons. The summed E-state index contributed by atoms with van der Waals surface area (Å²) in [4.78, 5) is 38.9. The Morgan fingerprint density at radius 1 is 1.00 bits per heavy atom. The number of benzene rings is 1. The predicted octanol–water partition coefficient (Wildman–Crippen LogP) is 2.42. The largest absolute Gasteiger partial charge is 0.341 e. The molecular formula is C19H22N4O3. The van der Waals surface area contributed by atoms with Crippen LogP contribution in [-0.4, -0.2) is 34.5 Å². The molecule has 1 aromatic heterocycles. The minimum Gasteiger partial charge on any atom is -0.341 e. The van der Waals surface area contributed by atoms with Crippen molar-refractivity contribution in [1.82, 2.24) is 9.47 Å². The average molecular weight is 354 g/mol. The van der Waals surface area contributed by atoms with Crippen molar-refractivity contribution in [2.24, 2.45) is 0 Å². The van der Waals surface area contributed by atoms with Gasteiger partial charge in [0.15, 0.2) is 0 Å². The van der Waals surface area contributed by atoms with Gasteiger partial charge in [0.1, 0.15) is 12.2 Å². The van der Waals surface area contributed by atoms with Crippen LogP contribution >= 0.6 is 0 Å². The lowest BCUT2D eigenvalue weighted by molar-refractivity contribution is -0.130. The van der Waals surface area contributed by atoms with E-state index < -0.39 is 6.03 Å². The Morgan fingerprint density at radius 3 is 2.38 bits per heavy atom. The van der Waals surface area contributed by atoms with Crippen molar-refractivity contribution < 1.29 is 9.59 Å². The summed E-state index contributed by atoms with van der Waals surface area (Å²) in [5.74, 6) is -0.0708. The number of para-hydroxylation sites is 1. The zero-order valence-corrected chi connectivity index (χ0v) is 14.7. The number of aryl methyl sites for hydroxylation is 1. The van der Waals surface area contributed by atoms with E-state index in [1.807, 2.05) is 6.07 Å². The van der Waals surface area contributed by atoms with Gasteiger partial charge in [-0.3, -0.25) is 9.59 Å². The number of nitrogens with zero attached hydrogens (tertiary/aromatic N) is 2. The van der Waals surface area contributed by atoms with E-state index >= 15 is 0 Å². The maximum atomic E-state index is 12.7. The highest BCUT2D eigenvalue weighted by Crippen LogP contribution is 2.10. The number of carbonyl (C=O) groups excluding carboxylic acids is 2. The Balaban J connectivity index is 1.73. The summed E-state index contributed by atoms with van der Waals surface area (Å²) in [7, 11) is 0. The predicted molar refractivity (Wildman–Crippen MR) is 100 cm³/mol. The third kappa shape index (κ3) is 4.11. The van der Waals surface area contributed by atoms with Crippen molar-refractivity contribution in [3.05, 3.63) is 58.5 Å². The number of hydrogen-bond donors (Lipinski definition) is 2. The summed E-state index contributed by atoms with van der Waals surface area (Å²) < 4.78 is 1.40. The fourth-order valence-electron chi connectivity index (χ4n) is 2.97. The Bertz CT molecular complexity index is 855. The summed E-state index contributed by atoms with van der Waals surface area (Å²) in [6.45, 7) is 3.24. The number of likely N-dealkylation sites (tertiary alicyclic amines) is 1. The Hall–Kier alpha value is -3.09. The number of carbonyl (C=O) groups is 2. The third-order valence-corrected chi connectivity index (χ3v) is 4.42. The molecule has 1 aliphatic rings. The van der Waals surface area contributed by atoms with Crippen LogP contribution in [0.5, 0.6) is 0 Å². The molecular weight excluding hydrogens is 332 g/mol. The molecule has 1 fully saturated rings. The van der Waals surface area contributed by atoms with E-state index in [0.29, 0.717) is 11.4 Å². The van der Waals surface area contributed by atoms with Gasteiger partial charge in [-0.15, -0.1) is 0 Å². The van der Waals surface area contributed by atoms with Crippen molar-refractivity contribution in [1.29, 1.82) is 0 Å². The van der Waals surface area contributed by atoms with Gasteiger partial charge in [0.2, 0.25) is 5.91 Å². The molecule has 1 saturated heterocycles. The summed E-state index contributed by atoms with van der Waals surface area (Å²) in [5.41, 5.74) is 1.05. The van der Waals surface area contributed by atoms with Gasteiger partial charge in [0.05, 0.1) is 0 Å². The third-order valence-electron chi connectivity index (χ3n) is 4.42. The van der Waals surface area contributed by atoms with Gasteiger partial charge < -0.3 is 20.1 Å². The first kappa shape index (κ1) is 17.7. The highest BCUT2D eigenvalue weighted by atomic mass is 16.2. The van der Waals surface area contributed by atoms with Gasteiger partial charge in [-0.2, -0.15) is 0 Å². The molecule has 0 aliphatic carbocycles. The van der Waals surface area contributed by atoms with Crippen LogP contribution in [0.1, 0.15) is 18.5 Å². The first-order chi connectivity index (χ1) is 12.5. The maximum Gasteiger partial charge on any atom is 0.323 e. The minimum absolute atomic E-state index is 0.0134. The molecule has 7 nitrogen and oxygen atoms in total.